The molecule has 0 aliphatic heterocycles. The molecule has 0 aliphatic rings. The first-order valence-corrected chi connectivity index (χ1v) is 9.88. The van der Waals surface area contributed by atoms with Gasteiger partial charge >= 0.3 is 6.18 Å². The van der Waals surface area contributed by atoms with Crippen LogP contribution in [-0.2, 0) is 17.4 Å². The number of nitriles is 1. The highest BCUT2D eigenvalue weighted by molar-refractivity contribution is 7.99. The van der Waals surface area contributed by atoms with E-state index in [0.717, 1.165) is 9.41 Å². The summed E-state index contributed by atoms with van der Waals surface area (Å²) in [5, 5.41) is 15.0. The van der Waals surface area contributed by atoms with Gasteiger partial charge in [-0.25, -0.2) is 9.50 Å². The maximum atomic E-state index is 12.9. The Balaban J connectivity index is 1.83. The van der Waals surface area contributed by atoms with Gasteiger partial charge in [0.25, 0.3) is 11.6 Å². The first kappa shape index (κ1) is 21.6. The number of rotatable bonds is 6. The third-order valence-electron chi connectivity index (χ3n) is 4.27. The monoisotopic (exact) mass is 434 g/mol. The van der Waals surface area contributed by atoms with E-state index in [9.17, 15) is 18.0 Å². The van der Waals surface area contributed by atoms with E-state index in [1.54, 1.807) is 26.0 Å². The summed E-state index contributed by atoms with van der Waals surface area (Å²) in [7, 11) is 0. The van der Waals surface area contributed by atoms with Gasteiger partial charge in [0.15, 0.2) is 0 Å². The molecule has 0 unspecified atom stereocenters. The molecule has 0 saturated heterocycles. The number of aromatic nitrogens is 4. The molecule has 2 heterocycles. The molecule has 0 bridgehead atoms. The van der Waals surface area contributed by atoms with E-state index in [-0.39, 0.29) is 18.1 Å². The van der Waals surface area contributed by atoms with Crippen molar-refractivity contribution in [2.24, 2.45) is 0 Å². The standard InChI is InChI=1S/C19H17F3N6OS/c1-11-13(12(2)28-18(24-11)26-17(27-28)19(20,21)22)10-16(29)25-14-6-3-4-7-15(14)30-9-5-8-23/h3-4,6-7H,5,9-10H2,1-2H3,(H,25,29). The van der Waals surface area contributed by atoms with E-state index >= 15 is 0 Å². The molecule has 1 aromatic carbocycles. The zero-order valence-corrected chi connectivity index (χ0v) is 16.9. The van der Waals surface area contributed by atoms with Gasteiger partial charge in [-0.15, -0.1) is 16.9 Å². The number of hydrogen-bond acceptors (Lipinski definition) is 6. The van der Waals surface area contributed by atoms with Crippen molar-refractivity contribution in [3.63, 3.8) is 0 Å². The summed E-state index contributed by atoms with van der Waals surface area (Å²) in [5.74, 6) is -1.19. The number of halogens is 3. The van der Waals surface area contributed by atoms with Crippen molar-refractivity contribution in [3.8, 4) is 6.07 Å². The van der Waals surface area contributed by atoms with Gasteiger partial charge < -0.3 is 5.32 Å². The molecular weight excluding hydrogens is 417 g/mol. The fraction of sp³-hybridized carbons (Fsp3) is 0.316. The molecular formula is C19H17F3N6OS. The molecule has 2 aromatic heterocycles. The number of amides is 1. The van der Waals surface area contributed by atoms with Crippen molar-refractivity contribution < 1.29 is 18.0 Å². The lowest BCUT2D eigenvalue weighted by Crippen LogP contribution is -2.18. The molecule has 0 atom stereocenters. The third kappa shape index (κ3) is 4.71. The molecule has 3 aromatic rings. The number of para-hydroxylation sites is 1. The summed E-state index contributed by atoms with van der Waals surface area (Å²) in [4.78, 5) is 21.0. The Kier molecular flexibility index (Phi) is 6.26. The van der Waals surface area contributed by atoms with E-state index in [4.69, 9.17) is 5.26 Å². The number of nitrogens with one attached hydrogen (secondary N) is 1. The van der Waals surface area contributed by atoms with E-state index in [1.165, 1.54) is 11.8 Å². The van der Waals surface area contributed by atoms with E-state index < -0.39 is 12.0 Å². The van der Waals surface area contributed by atoms with Gasteiger partial charge in [0.2, 0.25) is 5.91 Å². The molecule has 0 spiro atoms. The van der Waals surface area contributed by atoms with Gasteiger partial charge in [0.1, 0.15) is 0 Å². The molecule has 7 nitrogen and oxygen atoms in total. The van der Waals surface area contributed by atoms with E-state index in [2.05, 4.69) is 26.5 Å². The van der Waals surface area contributed by atoms with Crippen molar-refractivity contribution in [2.75, 3.05) is 11.1 Å². The minimum absolute atomic E-state index is 0.0843. The van der Waals surface area contributed by atoms with Gasteiger partial charge in [-0.3, -0.25) is 4.79 Å². The fourth-order valence-corrected chi connectivity index (χ4v) is 3.70. The summed E-state index contributed by atoms with van der Waals surface area (Å²) in [6.45, 7) is 3.19. The lowest BCUT2D eigenvalue weighted by atomic mass is 10.1. The van der Waals surface area contributed by atoms with Crippen molar-refractivity contribution >= 4 is 29.1 Å². The van der Waals surface area contributed by atoms with Crippen LogP contribution in [0.5, 0.6) is 0 Å². The zero-order valence-electron chi connectivity index (χ0n) is 16.1. The molecule has 11 heteroatoms. The van der Waals surface area contributed by atoms with Crippen molar-refractivity contribution in [3.05, 3.63) is 47.0 Å². The number of thioether (sulfide) groups is 1. The highest BCUT2D eigenvalue weighted by Gasteiger charge is 2.37. The number of carbonyl (C=O) groups is 1. The average molecular weight is 434 g/mol. The summed E-state index contributed by atoms with van der Waals surface area (Å²) >= 11 is 1.45. The molecule has 0 radical (unpaired) electrons. The van der Waals surface area contributed by atoms with Crippen molar-refractivity contribution in [2.45, 2.75) is 37.8 Å². The smallest absolute Gasteiger partial charge is 0.325 e. The highest BCUT2D eigenvalue weighted by Crippen LogP contribution is 2.29. The SMILES string of the molecule is Cc1nc2nc(C(F)(F)F)nn2c(C)c1CC(=O)Nc1ccccc1SCCC#N. The number of carbonyl (C=O) groups excluding carboxylic acids is 1. The number of aryl methyl sites for hydroxylation is 2. The molecule has 1 amide bonds. The summed E-state index contributed by atoms with van der Waals surface area (Å²) < 4.78 is 39.7. The number of anilines is 1. The van der Waals surface area contributed by atoms with Gasteiger partial charge in [0, 0.05) is 34.0 Å². The Morgan fingerprint density at radius 1 is 1.27 bits per heavy atom. The molecule has 156 valence electrons. The second kappa shape index (κ2) is 8.71. The molecule has 3 rings (SSSR count). The Hall–Kier alpha value is -3.13. The van der Waals surface area contributed by atoms with Gasteiger partial charge in [0.05, 0.1) is 18.2 Å². The van der Waals surface area contributed by atoms with E-state index in [1.807, 2.05) is 12.1 Å². The maximum absolute atomic E-state index is 12.9. The predicted molar refractivity (Wildman–Crippen MR) is 105 cm³/mol. The van der Waals surface area contributed by atoms with Crippen LogP contribution in [0.4, 0.5) is 18.9 Å². The van der Waals surface area contributed by atoms with Crippen LogP contribution < -0.4 is 5.32 Å². The summed E-state index contributed by atoms with van der Waals surface area (Å²) in [6.07, 6.45) is -4.38. The Labute approximate surface area is 174 Å². The van der Waals surface area contributed by atoms with Crippen LogP contribution in [0.3, 0.4) is 0 Å². The van der Waals surface area contributed by atoms with Crippen molar-refractivity contribution in [1.29, 1.82) is 5.26 Å². The third-order valence-corrected chi connectivity index (χ3v) is 5.35. The number of alkyl halides is 3. The minimum Gasteiger partial charge on any atom is -0.325 e. The second-order valence-electron chi connectivity index (χ2n) is 6.38. The fourth-order valence-electron chi connectivity index (χ4n) is 2.84. The lowest BCUT2D eigenvalue weighted by Gasteiger charge is -2.13. The number of benzene rings is 1. The van der Waals surface area contributed by atoms with Gasteiger partial charge in [-0.2, -0.15) is 23.4 Å². The van der Waals surface area contributed by atoms with Crippen LogP contribution in [0, 0.1) is 25.2 Å². The van der Waals surface area contributed by atoms with Crippen LogP contribution >= 0.6 is 11.8 Å². The quantitative estimate of drug-likeness (QED) is 0.466. The average Bonchev–Trinajstić information content (AvgIpc) is 3.11. The van der Waals surface area contributed by atoms with Crippen LogP contribution in [0.25, 0.3) is 5.78 Å². The maximum Gasteiger partial charge on any atom is 0.453 e. The Bertz CT molecular complexity index is 1140. The topological polar surface area (TPSA) is 96.0 Å². The van der Waals surface area contributed by atoms with Crippen molar-refractivity contribution in [1.82, 2.24) is 19.6 Å². The summed E-state index contributed by atoms with van der Waals surface area (Å²) in [5.41, 5.74) is 1.86. The number of hydrogen-bond donors (Lipinski definition) is 1. The summed E-state index contributed by atoms with van der Waals surface area (Å²) in [6, 6.07) is 9.28. The minimum atomic E-state index is -4.68. The molecule has 0 aliphatic carbocycles. The first-order valence-electron chi connectivity index (χ1n) is 8.89. The van der Waals surface area contributed by atoms with Crippen LogP contribution in [0.1, 0.15) is 29.2 Å². The number of nitrogens with zero attached hydrogens (tertiary/aromatic N) is 5. The van der Waals surface area contributed by atoms with Crippen LogP contribution in [0.2, 0.25) is 0 Å². The highest BCUT2D eigenvalue weighted by atomic mass is 32.2. The molecule has 1 N–H and O–H groups in total. The molecule has 0 saturated carbocycles. The Morgan fingerprint density at radius 3 is 2.70 bits per heavy atom. The number of fused-ring (bicyclic) bond motifs is 1. The zero-order chi connectivity index (χ0) is 21.9. The van der Waals surface area contributed by atoms with Crippen LogP contribution in [0.15, 0.2) is 29.2 Å². The first-order chi connectivity index (χ1) is 14.2. The van der Waals surface area contributed by atoms with Crippen LogP contribution in [-0.4, -0.2) is 31.2 Å². The molecule has 0 fully saturated rings. The molecule has 30 heavy (non-hydrogen) atoms. The second-order valence-corrected chi connectivity index (χ2v) is 7.52. The van der Waals surface area contributed by atoms with Gasteiger partial charge in [-0.05, 0) is 26.0 Å². The van der Waals surface area contributed by atoms with E-state index in [0.29, 0.717) is 34.8 Å². The Morgan fingerprint density at radius 2 is 2.00 bits per heavy atom. The predicted octanol–water partition coefficient (Wildman–Crippen LogP) is 3.95. The normalized spacial score (nSPS) is 11.5. The van der Waals surface area contributed by atoms with Gasteiger partial charge in [-0.1, -0.05) is 12.1 Å². The largest absolute Gasteiger partial charge is 0.453 e. The lowest BCUT2D eigenvalue weighted by molar-refractivity contribution is -0.144.